The van der Waals surface area contributed by atoms with Gasteiger partial charge in [0.1, 0.15) is 11.9 Å². The van der Waals surface area contributed by atoms with E-state index in [1.165, 1.54) is 12.0 Å². The minimum absolute atomic E-state index is 0.169. The number of carbonyl (C=O) groups is 1. The first-order valence-corrected chi connectivity index (χ1v) is 13.6. The molecular formula is C29H39N5O3. The van der Waals surface area contributed by atoms with E-state index < -0.39 is 12.0 Å². The van der Waals surface area contributed by atoms with Crippen LogP contribution in [0, 0.1) is 6.92 Å². The number of aliphatic carboxylic acids is 1. The number of fused-ring (bicyclic) bond motifs is 2. The molecule has 1 fully saturated rings. The van der Waals surface area contributed by atoms with E-state index in [-0.39, 0.29) is 12.1 Å². The first-order chi connectivity index (χ1) is 17.9. The molecule has 1 aliphatic heterocycles. The number of ether oxygens (including phenoxy) is 1. The van der Waals surface area contributed by atoms with Gasteiger partial charge in [-0.3, -0.25) is 14.4 Å². The normalized spacial score (nSPS) is 20.2. The molecule has 2 aliphatic rings. The molecule has 1 aromatic carbocycles. The number of hydrogen-bond donors (Lipinski definition) is 2. The minimum Gasteiger partial charge on any atom is -0.480 e. The van der Waals surface area contributed by atoms with Crippen LogP contribution in [0.15, 0.2) is 30.3 Å². The summed E-state index contributed by atoms with van der Waals surface area (Å²) in [6, 6.07) is 9.70. The average Bonchev–Trinajstić information content (AvgIpc) is 3.48. The fourth-order valence-corrected chi connectivity index (χ4v) is 6.11. The monoisotopic (exact) mass is 505 g/mol. The summed E-state index contributed by atoms with van der Waals surface area (Å²) in [5.74, 6) is 0.236. The number of aryl methyl sites for hydroxylation is 4. The molecule has 8 nitrogen and oxygen atoms in total. The predicted molar refractivity (Wildman–Crippen MR) is 145 cm³/mol. The molecule has 0 spiro atoms. The van der Waals surface area contributed by atoms with Crippen LogP contribution in [-0.2, 0) is 29.4 Å². The first-order valence-electron chi connectivity index (χ1n) is 13.6. The van der Waals surface area contributed by atoms with Crippen molar-refractivity contribution in [1.82, 2.24) is 19.7 Å². The Labute approximate surface area is 219 Å². The second-order valence-corrected chi connectivity index (χ2v) is 10.6. The topological polar surface area (TPSA) is 92.5 Å². The van der Waals surface area contributed by atoms with E-state index in [4.69, 9.17) is 9.72 Å². The number of anilines is 1. The van der Waals surface area contributed by atoms with Crippen molar-refractivity contribution in [2.75, 3.05) is 25.5 Å². The summed E-state index contributed by atoms with van der Waals surface area (Å²) in [6.45, 7) is 3.71. The molecule has 5 rings (SSSR count). The lowest BCUT2D eigenvalue weighted by atomic mass is 10.00. The quantitative estimate of drug-likeness (QED) is 0.387. The lowest BCUT2D eigenvalue weighted by molar-refractivity contribution is -0.144. The van der Waals surface area contributed by atoms with Crippen molar-refractivity contribution >= 4 is 22.7 Å². The Morgan fingerprint density at radius 3 is 2.97 bits per heavy atom. The summed E-state index contributed by atoms with van der Waals surface area (Å²) in [6.07, 6.45) is 8.27. The van der Waals surface area contributed by atoms with Gasteiger partial charge >= 0.3 is 5.97 Å². The van der Waals surface area contributed by atoms with Crippen molar-refractivity contribution in [3.63, 3.8) is 0 Å². The van der Waals surface area contributed by atoms with Crippen molar-refractivity contribution in [1.29, 1.82) is 0 Å². The molecule has 1 saturated carbocycles. The Bertz CT molecular complexity index is 1260. The van der Waals surface area contributed by atoms with Crippen LogP contribution in [0.1, 0.15) is 67.1 Å². The van der Waals surface area contributed by atoms with Gasteiger partial charge in [0.05, 0.1) is 17.3 Å². The molecule has 0 unspecified atom stereocenters. The van der Waals surface area contributed by atoms with E-state index in [1.54, 1.807) is 4.68 Å². The predicted octanol–water partition coefficient (Wildman–Crippen LogP) is 4.65. The Balaban J connectivity index is 1.13. The SMILES string of the molecule is Cc1nn(C)c2c([C@H](C(=O)O)N(C)[C@H]3CC[C@H](OCCCCc4ccc5c(n4)NCCC5)C3)cccc12. The number of aromatic nitrogens is 3. The van der Waals surface area contributed by atoms with Crippen molar-refractivity contribution in [3.05, 3.63) is 52.8 Å². The van der Waals surface area contributed by atoms with E-state index >= 15 is 0 Å². The second kappa shape index (κ2) is 11.2. The number of pyridine rings is 1. The van der Waals surface area contributed by atoms with Crippen LogP contribution in [-0.4, -0.2) is 63.1 Å². The van der Waals surface area contributed by atoms with Gasteiger partial charge in [-0.25, -0.2) is 4.98 Å². The van der Waals surface area contributed by atoms with Gasteiger partial charge in [-0.1, -0.05) is 24.3 Å². The maximum Gasteiger partial charge on any atom is 0.325 e. The molecule has 3 atom stereocenters. The van der Waals surface area contributed by atoms with E-state index in [2.05, 4.69) is 22.5 Å². The van der Waals surface area contributed by atoms with Crippen LogP contribution in [0.3, 0.4) is 0 Å². The smallest absolute Gasteiger partial charge is 0.325 e. The number of para-hydroxylation sites is 1. The molecule has 0 saturated heterocycles. The maximum atomic E-state index is 12.5. The molecule has 37 heavy (non-hydrogen) atoms. The molecule has 0 bridgehead atoms. The summed E-state index contributed by atoms with van der Waals surface area (Å²) in [7, 11) is 3.82. The number of carboxylic acids is 1. The van der Waals surface area contributed by atoms with Gasteiger partial charge in [0.15, 0.2) is 0 Å². The van der Waals surface area contributed by atoms with Crippen LogP contribution in [0.25, 0.3) is 10.9 Å². The summed E-state index contributed by atoms with van der Waals surface area (Å²) < 4.78 is 8.04. The molecule has 2 N–H and O–H groups in total. The second-order valence-electron chi connectivity index (χ2n) is 10.6. The highest BCUT2D eigenvalue weighted by molar-refractivity contribution is 5.89. The molecule has 3 aromatic rings. The third-order valence-electron chi connectivity index (χ3n) is 8.08. The first kappa shape index (κ1) is 25.7. The van der Waals surface area contributed by atoms with Gasteiger partial charge in [0.25, 0.3) is 0 Å². The third-order valence-corrected chi connectivity index (χ3v) is 8.08. The molecule has 0 radical (unpaired) electrons. The largest absolute Gasteiger partial charge is 0.480 e. The Hall–Kier alpha value is -2.97. The van der Waals surface area contributed by atoms with Gasteiger partial charge in [-0.2, -0.15) is 5.10 Å². The van der Waals surface area contributed by atoms with Crippen LogP contribution in [0.4, 0.5) is 5.82 Å². The van der Waals surface area contributed by atoms with Gasteiger partial charge in [0, 0.05) is 42.9 Å². The lowest BCUT2D eigenvalue weighted by Gasteiger charge is -2.31. The highest BCUT2D eigenvalue weighted by Gasteiger charge is 2.36. The zero-order chi connectivity index (χ0) is 25.9. The van der Waals surface area contributed by atoms with Crippen LogP contribution in [0.5, 0.6) is 0 Å². The molecule has 8 heteroatoms. The zero-order valence-corrected chi connectivity index (χ0v) is 22.2. The van der Waals surface area contributed by atoms with Crippen LogP contribution >= 0.6 is 0 Å². The zero-order valence-electron chi connectivity index (χ0n) is 22.2. The Kier molecular flexibility index (Phi) is 7.76. The number of hydrogen-bond acceptors (Lipinski definition) is 6. The Morgan fingerprint density at radius 1 is 1.27 bits per heavy atom. The molecule has 1 aliphatic carbocycles. The summed E-state index contributed by atoms with van der Waals surface area (Å²) in [5, 5.41) is 19.2. The van der Waals surface area contributed by atoms with E-state index in [0.717, 1.165) is 91.8 Å². The Morgan fingerprint density at radius 2 is 2.14 bits per heavy atom. The summed E-state index contributed by atoms with van der Waals surface area (Å²) >= 11 is 0. The molecule has 2 aromatic heterocycles. The van der Waals surface area contributed by atoms with Gasteiger partial charge in [-0.05, 0) is 77.0 Å². The summed E-state index contributed by atoms with van der Waals surface area (Å²) in [4.78, 5) is 19.3. The minimum atomic E-state index is -0.829. The molecule has 3 heterocycles. The van der Waals surface area contributed by atoms with Crippen molar-refractivity contribution in [2.45, 2.75) is 76.5 Å². The number of unbranched alkanes of at least 4 members (excludes halogenated alkanes) is 1. The van der Waals surface area contributed by atoms with Crippen molar-refractivity contribution in [2.24, 2.45) is 7.05 Å². The number of nitrogens with one attached hydrogen (secondary N) is 1. The van der Waals surface area contributed by atoms with Crippen molar-refractivity contribution < 1.29 is 14.6 Å². The number of likely N-dealkylation sites (N-methyl/N-ethyl adjacent to an activating group) is 1. The van der Waals surface area contributed by atoms with Gasteiger partial charge in [-0.15, -0.1) is 0 Å². The third kappa shape index (κ3) is 5.50. The fourth-order valence-electron chi connectivity index (χ4n) is 6.11. The van der Waals surface area contributed by atoms with E-state index in [0.29, 0.717) is 0 Å². The van der Waals surface area contributed by atoms with Crippen molar-refractivity contribution in [3.8, 4) is 0 Å². The van der Waals surface area contributed by atoms with E-state index in [1.807, 2.05) is 44.1 Å². The number of benzene rings is 1. The molecular weight excluding hydrogens is 466 g/mol. The van der Waals surface area contributed by atoms with E-state index in [9.17, 15) is 9.90 Å². The average molecular weight is 506 g/mol. The number of nitrogens with zero attached hydrogens (tertiary/aromatic N) is 4. The van der Waals surface area contributed by atoms with Crippen LogP contribution in [0.2, 0.25) is 0 Å². The fraction of sp³-hybridized carbons (Fsp3) is 0.552. The highest BCUT2D eigenvalue weighted by Crippen LogP contribution is 2.35. The highest BCUT2D eigenvalue weighted by atomic mass is 16.5. The van der Waals surface area contributed by atoms with Crippen LogP contribution < -0.4 is 5.32 Å². The summed E-state index contributed by atoms with van der Waals surface area (Å²) in [5.41, 5.74) is 5.09. The molecule has 198 valence electrons. The number of rotatable bonds is 10. The van der Waals surface area contributed by atoms with Gasteiger partial charge in [0.2, 0.25) is 0 Å². The molecule has 0 amide bonds. The lowest BCUT2D eigenvalue weighted by Crippen LogP contribution is -2.38. The maximum absolute atomic E-state index is 12.5. The standard InChI is InChI=1S/C29H39N5O3/c1-19-24-10-6-11-25(26(24)34(3)32-19)27(29(35)36)33(2)22-14-15-23(18-22)37-17-5-4-9-21-13-12-20-8-7-16-30-28(20)31-21/h6,10-13,22-23,27H,4-5,7-9,14-18H2,1-3H3,(H,30,31)(H,35,36)/t22-,23-,27+/m0/s1. The number of carboxylic acid groups (broad SMARTS) is 1. The van der Waals surface area contributed by atoms with Gasteiger partial charge < -0.3 is 15.2 Å².